The van der Waals surface area contributed by atoms with Crippen LogP contribution in [0.1, 0.15) is 5.56 Å². The van der Waals surface area contributed by atoms with E-state index in [0.717, 1.165) is 25.1 Å². The fraction of sp³-hybridized carbons (Fsp3) is 0.500. The first-order chi connectivity index (χ1) is 9.24. The molecule has 0 aliphatic carbocycles. The standard InChI is InChI=1S/C14H19FN2O2/c15-13-3-1-12(2-4-13)5-6-16-14(18)11-17-7-9-19-10-8-17/h1-4H,5-11H2,(H,16,18). The average Bonchev–Trinajstić information content (AvgIpc) is 2.42. The third-order valence-electron chi connectivity index (χ3n) is 3.12. The second-order valence-corrected chi connectivity index (χ2v) is 4.61. The summed E-state index contributed by atoms with van der Waals surface area (Å²) in [6.45, 7) is 4.02. The van der Waals surface area contributed by atoms with Crippen LogP contribution in [0, 0.1) is 5.82 Å². The van der Waals surface area contributed by atoms with Gasteiger partial charge in [0.1, 0.15) is 5.82 Å². The molecule has 1 aliphatic rings. The fourth-order valence-electron chi connectivity index (χ4n) is 2.02. The number of amides is 1. The Morgan fingerprint density at radius 2 is 1.95 bits per heavy atom. The molecule has 0 bridgehead atoms. The molecule has 1 N–H and O–H groups in total. The highest BCUT2D eigenvalue weighted by atomic mass is 19.1. The first-order valence-electron chi connectivity index (χ1n) is 6.55. The summed E-state index contributed by atoms with van der Waals surface area (Å²) in [6.07, 6.45) is 0.717. The van der Waals surface area contributed by atoms with Gasteiger partial charge >= 0.3 is 0 Å². The van der Waals surface area contributed by atoms with E-state index in [1.54, 1.807) is 12.1 Å². The Labute approximate surface area is 112 Å². The van der Waals surface area contributed by atoms with Gasteiger partial charge in [0.2, 0.25) is 5.91 Å². The third-order valence-corrected chi connectivity index (χ3v) is 3.12. The molecule has 4 nitrogen and oxygen atoms in total. The van der Waals surface area contributed by atoms with Gasteiger partial charge in [-0.3, -0.25) is 9.69 Å². The highest BCUT2D eigenvalue weighted by Crippen LogP contribution is 2.02. The maximum atomic E-state index is 12.7. The number of hydrogen-bond donors (Lipinski definition) is 1. The Bertz CT molecular complexity index is 402. The van der Waals surface area contributed by atoms with E-state index in [1.165, 1.54) is 12.1 Å². The zero-order chi connectivity index (χ0) is 13.5. The summed E-state index contributed by atoms with van der Waals surface area (Å²) < 4.78 is 17.9. The summed E-state index contributed by atoms with van der Waals surface area (Å²) in [7, 11) is 0. The summed E-state index contributed by atoms with van der Waals surface area (Å²) >= 11 is 0. The molecular formula is C14H19FN2O2. The van der Waals surface area contributed by atoms with Gasteiger partial charge in [-0.15, -0.1) is 0 Å². The van der Waals surface area contributed by atoms with Gasteiger partial charge in [-0.05, 0) is 24.1 Å². The number of nitrogens with one attached hydrogen (secondary N) is 1. The van der Waals surface area contributed by atoms with Crippen LogP contribution in [0.3, 0.4) is 0 Å². The van der Waals surface area contributed by atoms with E-state index in [9.17, 15) is 9.18 Å². The van der Waals surface area contributed by atoms with Crippen LogP contribution in [0.2, 0.25) is 0 Å². The molecule has 2 rings (SSSR count). The van der Waals surface area contributed by atoms with Crippen molar-refractivity contribution < 1.29 is 13.9 Å². The van der Waals surface area contributed by atoms with Crippen LogP contribution in [-0.4, -0.2) is 50.2 Å². The Kier molecular flexibility index (Phi) is 5.30. The summed E-state index contributed by atoms with van der Waals surface area (Å²) in [4.78, 5) is 13.8. The topological polar surface area (TPSA) is 41.6 Å². The molecule has 1 amide bonds. The van der Waals surface area contributed by atoms with E-state index in [2.05, 4.69) is 10.2 Å². The molecule has 1 saturated heterocycles. The van der Waals surface area contributed by atoms with Crippen molar-refractivity contribution in [1.29, 1.82) is 0 Å². The monoisotopic (exact) mass is 266 g/mol. The van der Waals surface area contributed by atoms with E-state index in [-0.39, 0.29) is 11.7 Å². The fourth-order valence-corrected chi connectivity index (χ4v) is 2.02. The Balaban J connectivity index is 1.64. The van der Waals surface area contributed by atoms with Crippen LogP contribution < -0.4 is 5.32 Å². The van der Waals surface area contributed by atoms with E-state index >= 15 is 0 Å². The summed E-state index contributed by atoms with van der Waals surface area (Å²) in [6, 6.07) is 6.35. The molecule has 0 aromatic heterocycles. The smallest absolute Gasteiger partial charge is 0.234 e. The van der Waals surface area contributed by atoms with Crippen molar-refractivity contribution in [1.82, 2.24) is 10.2 Å². The molecule has 0 spiro atoms. The number of carbonyl (C=O) groups excluding carboxylic acids is 1. The van der Waals surface area contributed by atoms with Crippen molar-refractivity contribution in [2.45, 2.75) is 6.42 Å². The highest BCUT2D eigenvalue weighted by Gasteiger charge is 2.13. The highest BCUT2D eigenvalue weighted by molar-refractivity contribution is 5.78. The van der Waals surface area contributed by atoms with Crippen molar-refractivity contribution in [3.05, 3.63) is 35.6 Å². The molecule has 1 aromatic rings. The quantitative estimate of drug-likeness (QED) is 0.858. The van der Waals surface area contributed by atoms with Crippen LogP contribution in [-0.2, 0) is 16.0 Å². The second kappa shape index (κ2) is 7.21. The molecule has 1 fully saturated rings. The normalized spacial score (nSPS) is 16.3. The molecular weight excluding hydrogens is 247 g/mol. The number of carbonyl (C=O) groups is 1. The number of halogens is 1. The Hall–Kier alpha value is -1.46. The molecule has 1 heterocycles. The van der Waals surface area contributed by atoms with Crippen molar-refractivity contribution in [2.24, 2.45) is 0 Å². The van der Waals surface area contributed by atoms with Crippen LogP contribution in [0.25, 0.3) is 0 Å². The second-order valence-electron chi connectivity index (χ2n) is 4.61. The lowest BCUT2D eigenvalue weighted by atomic mass is 10.1. The van der Waals surface area contributed by atoms with E-state index in [4.69, 9.17) is 4.74 Å². The van der Waals surface area contributed by atoms with Gasteiger partial charge < -0.3 is 10.1 Å². The maximum Gasteiger partial charge on any atom is 0.234 e. The first-order valence-corrected chi connectivity index (χ1v) is 6.55. The van der Waals surface area contributed by atoms with Crippen molar-refractivity contribution in [2.75, 3.05) is 39.4 Å². The van der Waals surface area contributed by atoms with Crippen LogP contribution in [0.5, 0.6) is 0 Å². The molecule has 104 valence electrons. The van der Waals surface area contributed by atoms with Crippen molar-refractivity contribution in [3.63, 3.8) is 0 Å². The van der Waals surface area contributed by atoms with Crippen molar-refractivity contribution in [3.8, 4) is 0 Å². The Morgan fingerprint density at radius 1 is 1.26 bits per heavy atom. The van der Waals surface area contributed by atoms with Gasteiger partial charge in [-0.2, -0.15) is 0 Å². The lowest BCUT2D eigenvalue weighted by Crippen LogP contribution is -2.43. The number of nitrogens with zero attached hydrogens (tertiary/aromatic N) is 1. The van der Waals surface area contributed by atoms with Gasteiger partial charge in [-0.25, -0.2) is 4.39 Å². The first kappa shape index (κ1) is 14.0. The lowest BCUT2D eigenvalue weighted by molar-refractivity contribution is -0.123. The SMILES string of the molecule is O=C(CN1CCOCC1)NCCc1ccc(F)cc1. The summed E-state index contributed by atoms with van der Waals surface area (Å²) in [5, 5.41) is 2.88. The van der Waals surface area contributed by atoms with Crippen molar-refractivity contribution >= 4 is 5.91 Å². The predicted octanol–water partition coefficient (Wildman–Crippen LogP) is 0.817. The number of hydrogen-bond acceptors (Lipinski definition) is 3. The molecule has 5 heteroatoms. The van der Waals surface area contributed by atoms with E-state index in [1.807, 2.05) is 0 Å². The number of benzene rings is 1. The minimum atomic E-state index is -0.236. The predicted molar refractivity (Wildman–Crippen MR) is 70.4 cm³/mol. The van der Waals surface area contributed by atoms with Crippen LogP contribution >= 0.6 is 0 Å². The van der Waals surface area contributed by atoms with Gasteiger partial charge in [0.25, 0.3) is 0 Å². The van der Waals surface area contributed by atoms with Gasteiger partial charge in [-0.1, -0.05) is 12.1 Å². The average molecular weight is 266 g/mol. The van der Waals surface area contributed by atoms with E-state index < -0.39 is 0 Å². The summed E-state index contributed by atoms with van der Waals surface area (Å²) in [5.41, 5.74) is 1.02. The number of rotatable bonds is 5. The molecule has 19 heavy (non-hydrogen) atoms. The van der Waals surface area contributed by atoms with Gasteiger partial charge in [0.15, 0.2) is 0 Å². The Morgan fingerprint density at radius 3 is 2.63 bits per heavy atom. The van der Waals surface area contributed by atoms with Crippen LogP contribution in [0.4, 0.5) is 4.39 Å². The molecule has 0 saturated carbocycles. The molecule has 0 radical (unpaired) electrons. The molecule has 0 unspecified atom stereocenters. The van der Waals surface area contributed by atoms with Gasteiger partial charge in [0, 0.05) is 19.6 Å². The number of ether oxygens (including phenoxy) is 1. The maximum absolute atomic E-state index is 12.7. The molecule has 1 aliphatic heterocycles. The third kappa shape index (κ3) is 4.96. The van der Waals surface area contributed by atoms with Crippen LogP contribution in [0.15, 0.2) is 24.3 Å². The summed E-state index contributed by atoms with van der Waals surface area (Å²) in [5.74, 6) is -0.205. The van der Waals surface area contributed by atoms with Gasteiger partial charge in [0.05, 0.1) is 19.8 Å². The minimum Gasteiger partial charge on any atom is -0.379 e. The molecule has 0 atom stereocenters. The molecule has 1 aromatic carbocycles. The zero-order valence-electron chi connectivity index (χ0n) is 10.9. The minimum absolute atomic E-state index is 0.0315. The van der Waals surface area contributed by atoms with E-state index in [0.29, 0.717) is 26.3 Å². The largest absolute Gasteiger partial charge is 0.379 e. The zero-order valence-corrected chi connectivity index (χ0v) is 10.9. The lowest BCUT2D eigenvalue weighted by Gasteiger charge is -2.25. The number of morpholine rings is 1.